The van der Waals surface area contributed by atoms with Gasteiger partial charge in [-0.1, -0.05) is 12.1 Å². The number of ether oxygens (including phenoxy) is 1. The summed E-state index contributed by atoms with van der Waals surface area (Å²) in [5, 5.41) is 11.5. The lowest BCUT2D eigenvalue weighted by atomic mass is 10.1. The molecule has 1 aliphatic heterocycles. The molecule has 0 spiro atoms. The second-order valence-corrected chi connectivity index (χ2v) is 9.05. The normalized spacial score (nSPS) is 15.2. The molecule has 4 heterocycles. The van der Waals surface area contributed by atoms with Crippen LogP contribution in [0.5, 0.6) is 5.88 Å². The van der Waals surface area contributed by atoms with Gasteiger partial charge in [-0.2, -0.15) is 0 Å². The third-order valence-electron chi connectivity index (χ3n) is 6.60. The molecule has 1 aliphatic rings. The second kappa shape index (κ2) is 11.2. The minimum absolute atomic E-state index is 0. The molecule has 1 atom stereocenters. The first-order valence-corrected chi connectivity index (χ1v) is 11.9. The van der Waals surface area contributed by atoms with E-state index in [1.807, 2.05) is 44.4 Å². The first-order chi connectivity index (χ1) is 17.4. The minimum Gasteiger partial charge on any atom is -0.478 e. The fraction of sp³-hybridized carbons (Fsp3) is 0.360. The fourth-order valence-electron chi connectivity index (χ4n) is 4.48. The highest BCUT2D eigenvalue weighted by molar-refractivity contribution is 6.06. The largest absolute Gasteiger partial charge is 0.478 e. The summed E-state index contributed by atoms with van der Waals surface area (Å²) in [5.74, 6) is 0.880. The average Bonchev–Trinajstić information content (AvgIpc) is 3.47. The molecule has 11 nitrogen and oxygen atoms in total. The van der Waals surface area contributed by atoms with Gasteiger partial charge in [0, 0.05) is 56.6 Å². The summed E-state index contributed by atoms with van der Waals surface area (Å²) in [6.45, 7) is 5.68. The fourth-order valence-corrected chi connectivity index (χ4v) is 4.48. The Hall–Kier alpha value is -3.67. The summed E-state index contributed by atoms with van der Waals surface area (Å²) in [6.07, 6.45) is 5.41. The molecular formula is C25H32ClN9O2. The molecule has 0 saturated carbocycles. The molecule has 1 aromatic carbocycles. The number of amides is 1. The van der Waals surface area contributed by atoms with Crippen molar-refractivity contribution >= 4 is 46.5 Å². The van der Waals surface area contributed by atoms with Crippen LogP contribution in [0, 0.1) is 0 Å². The summed E-state index contributed by atoms with van der Waals surface area (Å²) in [4.78, 5) is 29.9. The highest BCUT2D eigenvalue weighted by Crippen LogP contribution is 2.32. The molecule has 5 rings (SSSR count). The molecule has 4 aromatic rings. The number of carbonyl (C=O) groups excluding carboxylic acids is 1. The lowest BCUT2D eigenvalue weighted by Gasteiger charge is -2.35. The van der Waals surface area contributed by atoms with Gasteiger partial charge in [0.05, 0.1) is 36.2 Å². The quantitative estimate of drug-likeness (QED) is 0.337. The number of likely N-dealkylation sites (N-methyl/N-ethyl adjacent to an activating group) is 1. The molecule has 1 amide bonds. The predicted molar refractivity (Wildman–Crippen MR) is 147 cm³/mol. The zero-order chi connectivity index (χ0) is 25.2. The van der Waals surface area contributed by atoms with E-state index in [1.54, 1.807) is 24.2 Å². The van der Waals surface area contributed by atoms with Crippen molar-refractivity contribution in [1.82, 2.24) is 34.5 Å². The number of carbonyl (C=O) groups is 1. The Bertz CT molecular complexity index is 1380. The van der Waals surface area contributed by atoms with E-state index < -0.39 is 0 Å². The Morgan fingerprint density at radius 1 is 1.14 bits per heavy atom. The van der Waals surface area contributed by atoms with Gasteiger partial charge in [-0.3, -0.25) is 14.4 Å². The lowest BCUT2D eigenvalue weighted by Crippen LogP contribution is -2.51. The summed E-state index contributed by atoms with van der Waals surface area (Å²) >= 11 is 0. The molecule has 1 saturated heterocycles. The number of benzene rings is 1. The molecule has 0 bridgehead atoms. The van der Waals surface area contributed by atoms with E-state index in [9.17, 15) is 4.79 Å². The van der Waals surface area contributed by atoms with Crippen molar-refractivity contribution in [3.63, 3.8) is 0 Å². The summed E-state index contributed by atoms with van der Waals surface area (Å²) in [7, 11) is 5.50. The van der Waals surface area contributed by atoms with Crippen LogP contribution in [0.2, 0.25) is 0 Å². The highest BCUT2D eigenvalue weighted by atomic mass is 35.5. The molecule has 0 aliphatic carbocycles. The van der Waals surface area contributed by atoms with Crippen LogP contribution in [0.25, 0.3) is 22.2 Å². The Balaban J connectivity index is 0.00000320. The Morgan fingerprint density at radius 2 is 1.92 bits per heavy atom. The van der Waals surface area contributed by atoms with Gasteiger partial charge in [-0.05, 0) is 26.1 Å². The van der Waals surface area contributed by atoms with E-state index in [4.69, 9.17) is 9.72 Å². The van der Waals surface area contributed by atoms with Crippen LogP contribution in [0.15, 0.2) is 42.9 Å². The second-order valence-electron chi connectivity index (χ2n) is 9.05. The summed E-state index contributed by atoms with van der Waals surface area (Å²) in [6, 6.07) is 7.52. The predicted octanol–water partition coefficient (Wildman–Crippen LogP) is 3.11. The van der Waals surface area contributed by atoms with Gasteiger partial charge in [-0.25, -0.2) is 9.97 Å². The van der Waals surface area contributed by atoms with Gasteiger partial charge in [0.25, 0.3) is 5.88 Å². The third-order valence-corrected chi connectivity index (χ3v) is 6.60. The maximum atomic E-state index is 13.1. The maximum absolute atomic E-state index is 13.1. The Morgan fingerprint density at radius 3 is 2.68 bits per heavy atom. The standard InChI is InChI=1S/C25H31N9O2.ClH/c1-16(34-12-10-32(2)11-13-34)23(35)28-20-7-5-6-17-18(14-27-22(17)20)19-8-9-26-25(29-19)30-21-15-33(3)31-24(21)36-4;/h5-9,14-16,27H,10-13H2,1-4H3,(H,28,35)(H,26,29,30);1H/t16-;/m1./s1. The molecule has 196 valence electrons. The van der Waals surface area contributed by atoms with Crippen LogP contribution in [0.4, 0.5) is 17.3 Å². The smallest absolute Gasteiger partial charge is 0.256 e. The Labute approximate surface area is 221 Å². The number of aromatic nitrogens is 5. The van der Waals surface area contributed by atoms with E-state index in [0.29, 0.717) is 17.5 Å². The van der Waals surface area contributed by atoms with Crippen LogP contribution in [0.1, 0.15) is 6.92 Å². The first kappa shape index (κ1) is 26.4. The van der Waals surface area contributed by atoms with E-state index >= 15 is 0 Å². The highest BCUT2D eigenvalue weighted by Gasteiger charge is 2.25. The number of rotatable bonds is 7. The third kappa shape index (κ3) is 5.53. The number of halogens is 1. The topological polar surface area (TPSA) is 116 Å². The summed E-state index contributed by atoms with van der Waals surface area (Å²) in [5.41, 5.74) is 3.94. The van der Waals surface area contributed by atoms with Crippen LogP contribution in [0.3, 0.4) is 0 Å². The molecule has 3 aromatic heterocycles. The SMILES string of the molecule is COc1nn(C)cc1Nc1nccc(-c2c[nH]c3c(NC(=O)[C@@H](C)N4CCN(C)CC4)cccc23)n1.Cl. The zero-order valence-electron chi connectivity index (χ0n) is 21.4. The molecule has 0 radical (unpaired) electrons. The number of hydrogen-bond acceptors (Lipinski definition) is 8. The number of para-hydroxylation sites is 1. The van der Waals surface area contributed by atoms with Gasteiger partial charge < -0.3 is 25.3 Å². The van der Waals surface area contributed by atoms with Crippen molar-refractivity contribution in [2.24, 2.45) is 7.05 Å². The molecule has 3 N–H and O–H groups in total. The monoisotopic (exact) mass is 525 g/mol. The van der Waals surface area contributed by atoms with Crippen molar-refractivity contribution in [2.45, 2.75) is 13.0 Å². The van der Waals surface area contributed by atoms with Crippen molar-refractivity contribution in [2.75, 3.05) is 51.0 Å². The van der Waals surface area contributed by atoms with Gasteiger partial charge in [-0.15, -0.1) is 17.5 Å². The number of H-pyrrole nitrogens is 1. The summed E-state index contributed by atoms with van der Waals surface area (Å²) < 4.78 is 6.97. The zero-order valence-corrected chi connectivity index (χ0v) is 22.2. The minimum atomic E-state index is -0.205. The lowest BCUT2D eigenvalue weighted by molar-refractivity contribution is -0.121. The van der Waals surface area contributed by atoms with Crippen LogP contribution < -0.4 is 15.4 Å². The van der Waals surface area contributed by atoms with Crippen LogP contribution >= 0.6 is 12.4 Å². The number of piperazine rings is 1. The van der Waals surface area contributed by atoms with Gasteiger partial charge >= 0.3 is 0 Å². The molecule has 1 fully saturated rings. The van der Waals surface area contributed by atoms with Gasteiger partial charge in [0.2, 0.25) is 11.9 Å². The van der Waals surface area contributed by atoms with Gasteiger partial charge in [0.15, 0.2) is 0 Å². The van der Waals surface area contributed by atoms with E-state index in [0.717, 1.165) is 54.0 Å². The maximum Gasteiger partial charge on any atom is 0.256 e. The number of nitrogens with one attached hydrogen (secondary N) is 3. The number of anilines is 3. The molecule has 0 unspecified atom stereocenters. The number of methoxy groups -OCH3 is 1. The molecule has 12 heteroatoms. The first-order valence-electron chi connectivity index (χ1n) is 11.9. The van der Waals surface area contributed by atoms with Crippen molar-refractivity contribution in [3.05, 3.63) is 42.9 Å². The van der Waals surface area contributed by atoms with Crippen LogP contribution in [-0.2, 0) is 11.8 Å². The number of aryl methyl sites for hydroxylation is 1. The van der Waals surface area contributed by atoms with Crippen molar-refractivity contribution < 1.29 is 9.53 Å². The molecule has 37 heavy (non-hydrogen) atoms. The number of hydrogen-bond donors (Lipinski definition) is 3. The Kier molecular flexibility index (Phi) is 7.96. The van der Waals surface area contributed by atoms with Crippen LogP contribution in [-0.4, -0.2) is 86.8 Å². The average molecular weight is 526 g/mol. The van der Waals surface area contributed by atoms with E-state index in [2.05, 4.69) is 42.5 Å². The van der Waals surface area contributed by atoms with E-state index in [-0.39, 0.29) is 24.4 Å². The van der Waals surface area contributed by atoms with Crippen molar-refractivity contribution in [1.29, 1.82) is 0 Å². The number of fused-ring (bicyclic) bond motifs is 1. The number of aromatic amines is 1. The van der Waals surface area contributed by atoms with Crippen molar-refractivity contribution in [3.8, 4) is 17.1 Å². The van der Waals surface area contributed by atoms with E-state index in [1.165, 1.54) is 0 Å². The number of nitrogens with zero attached hydrogens (tertiary/aromatic N) is 6. The van der Waals surface area contributed by atoms with Gasteiger partial charge in [0.1, 0.15) is 5.69 Å². The molecular weight excluding hydrogens is 494 g/mol.